The van der Waals surface area contributed by atoms with Gasteiger partial charge in [0.1, 0.15) is 5.69 Å². The number of nitro groups is 1. The van der Waals surface area contributed by atoms with E-state index in [4.69, 9.17) is 0 Å². The highest BCUT2D eigenvalue weighted by molar-refractivity contribution is 5.90. The zero-order chi connectivity index (χ0) is 18.5. The Morgan fingerprint density at radius 2 is 2.00 bits per heavy atom. The fourth-order valence-electron chi connectivity index (χ4n) is 2.68. The number of esters is 1. The van der Waals surface area contributed by atoms with Crippen LogP contribution in [0.25, 0.3) is 10.9 Å². The highest BCUT2D eigenvalue weighted by Crippen LogP contribution is 2.26. The van der Waals surface area contributed by atoms with Crippen molar-refractivity contribution in [1.29, 1.82) is 0 Å². The minimum atomic E-state index is -0.407. The maximum atomic E-state index is 11.2. The third-order valence-corrected chi connectivity index (χ3v) is 4.01. The number of carbonyl (C=O) groups excluding carboxylic acids is 1. The zero-order valence-electron chi connectivity index (χ0n) is 14.1. The molecule has 7 heteroatoms. The van der Waals surface area contributed by atoms with Gasteiger partial charge in [-0.05, 0) is 24.1 Å². The van der Waals surface area contributed by atoms with Crippen molar-refractivity contribution in [2.45, 2.75) is 6.42 Å². The first-order valence-corrected chi connectivity index (χ1v) is 8.04. The maximum Gasteiger partial charge on any atom is 0.356 e. The number of fused-ring (bicyclic) bond motifs is 2. The lowest BCUT2D eigenvalue weighted by Crippen LogP contribution is -2.03. The molecule has 7 nitrogen and oxygen atoms in total. The maximum absolute atomic E-state index is 11.2. The molecule has 4 rings (SSSR count). The van der Waals surface area contributed by atoms with Gasteiger partial charge in [-0.1, -0.05) is 30.3 Å². The molecule has 0 atom stereocenters. The van der Waals surface area contributed by atoms with Gasteiger partial charge in [0.2, 0.25) is 0 Å². The molecule has 0 spiro atoms. The molecule has 0 aliphatic carbocycles. The summed E-state index contributed by atoms with van der Waals surface area (Å²) in [5.41, 5.74) is 3.37. The van der Waals surface area contributed by atoms with Crippen molar-refractivity contribution < 1.29 is 14.5 Å². The number of para-hydroxylation sites is 1. The molecule has 0 fully saturated rings. The SMILES string of the molecule is COC(=O)c1ccc2ccccc2n1.O=[N+]([O-])c1ccc2c(c1)NCC2. The van der Waals surface area contributed by atoms with Crippen LogP contribution in [-0.4, -0.2) is 29.5 Å². The van der Waals surface area contributed by atoms with Crippen LogP contribution in [0.5, 0.6) is 0 Å². The van der Waals surface area contributed by atoms with Gasteiger partial charge in [-0.15, -0.1) is 0 Å². The molecule has 0 saturated carbocycles. The number of anilines is 1. The van der Waals surface area contributed by atoms with Crippen molar-refractivity contribution in [3.8, 4) is 0 Å². The summed E-state index contributed by atoms with van der Waals surface area (Å²) in [5, 5.41) is 14.5. The van der Waals surface area contributed by atoms with E-state index in [9.17, 15) is 14.9 Å². The minimum Gasteiger partial charge on any atom is -0.464 e. The number of aromatic nitrogens is 1. The Morgan fingerprint density at radius 3 is 2.77 bits per heavy atom. The normalized spacial score (nSPS) is 11.7. The fraction of sp³-hybridized carbons (Fsp3) is 0.158. The van der Waals surface area contributed by atoms with E-state index in [1.165, 1.54) is 12.7 Å². The first-order chi connectivity index (χ1) is 12.6. The Hall–Kier alpha value is -3.48. The number of carbonyl (C=O) groups is 1. The van der Waals surface area contributed by atoms with E-state index in [1.807, 2.05) is 36.4 Å². The number of benzene rings is 2. The van der Waals surface area contributed by atoms with E-state index in [-0.39, 0.29) is 10.6 Å². The summed E-state index contributed by atoms with van der Waals surface area (Å²) in [5.74, 6) is -0.407. The van der Waals surface area contributed by atoms with E-state index in [2.05, 4.69) is 15.0 Å². The summed E-state index contributed by atoms with van der Waals surface area (Å²) in [6, 6.07) is 16.1. The van der Waals surface area contributed by atoms with Crippen LogP contribution < -0.4 is 5.32 Å². The molecule has 1 aromatic heterocycles. The highest BCUT2D eigenvalue weighted by Gasteiger charge is 2.14. The minimum absolute atomic E-state index is 0.156. The van der Waals surface area contributed by atoms with Crippen molar-refractivity contribution in [1.82, 2.24) is 4.98 Å². The van der Waals surface area contributed by atoms with Crippen LogP contribution in [0.3, 0.4) is 0 Å². The molecular weight excluding hydrogens is 334 g/mol. The molecule has 1 aliphatic rings. The Balaban J connectivity index is 0.000000152. The molecule has 2 aromatic carbocycles. The van der Waals surface area contributed by atoms with Crippen molar-refractivity contribution >= 4 is 28.2 Å². The zero-order valence-corrected chi connectivity index (χ0v) is 14.1. The Labute approximate surface area is 149 Å². The van der Waals surface area contributed by atoms with Crippen LogP contribution in [0, 0.1) is 10.1 Å². The van der Waals surface area contributed by atoms with Crippen LogP contribution in [0.1, 0.15) is 16.1 Å². The van der Waals surface area contributed by atoms with Gasteiger partial charge in [-0.3, -0.25) is 10.1 Å². The molecule has 26 heavy (non-hydrogen) atoms. The molecule has 3 aromatic rings. The molecule has 1 N–H and O–H groups in total. The lowest BCUT2D eigenvalue weighted by atomic mass is 10.1. The predicted molar refractivity (Wildman–Crippen MR) is 98.4 cm³/mol. The number of rotatable bonds is 2. The first-order valence-electron chi connectivity index (χ1n) is 8.04. The number of hydrogen-bond acceptors (Lipinski definition) is 6. The molecular formula is C19H17N3O4. The van der Waals surface area contributed by atoms with Crippen LogP contribution in [0.2, 0.25) is 0 Å². The van der Waals surface area contributed by atoms with Gasteiger partial charge in [0.05, 0.1) is 17.5 Å². The number of methoxy groups -OCH3 is 1. The molecule has 0 bridgehead atoms. The van der Waals surface area contributed by atoms with Gasteiger partial charge in [0, 0.05) is 29.8 Å². The number of nitrogens with one attached hydrogen (secondary N) is 1. The van der Waals surface area contributed by atoms with Crippen LogP contribution in [0.15, 0.2) is 54.6 Å². The second kappa shape index (κ2) is 7.60. The highest BCUT2D eigenvalue weighted by atomic mass is 16.6. The van der Waals surface area contributed by atoms with Gasteiger partial charge >= 0.3 is 5.97 Å². The number of hydrogen-bond donors (Lipinski definition) is 1. The lowest BCUT2D eigenvalue weighted by molar-refractivity contribution is -0.384. The monoisotopic (exact) mass is 351 g/mol. The molecule has 0 saturated heterocycles. The summed E-state index contributed by atoms with van der Waals surface area (Å²) in [6.07, 6.45) is 0.966. The number of non-ortho nitro benzene ring substituents is 1. The molecule has 0 unspecified atom stereocenters. The summed E-state index contributed by atoms with van der Waals surface area (Å²) in [4.78, 5) is 25.3. The quantitative estimate of drug-likeness (QED) is 0.431. The van der Waals surface area contributed by atoms with Crippen LogP contribution >= 0.6 is 0 Å². The largest absolute Gasteiger partial charge is 0.464 e. The van der Waals surface area contributed by atoms with E-state index in [0.717, 1.165) is 29.6 Å². The molecule has 1 aliphatic heterocycles. The van der Waals surface area contributed by atoms with Gasteiger partial charge in [-0.25, -0.2) is 9.78 Å². The van der Waals surface area contributed by atoms with Gasteiger partial charge in [-0.2, -0.15) is 0 Å². The van der Waals surface area contributed by atoms with E-state index >= 15 is 0 Å². The second-order valence-electron chi connectivity index (χ2n) is 5.66. The smallest absolute Gasteiger partial charge is 0.356 e. The van der Waals surface area contributed by atoms with Gasteiger partial charge in [0.15, 0.2) is 0 Å². The van der Waals surface area contributed by atoms with Crippen molar-refractivity contribution in [2.75, 3.05) is 19.0 Å². The average molecular weight is 351 g/mol. The van der Waals surface area contributed by atoms with Crippen LogP contribution in [0.4, 0.5) is 11.4 Å². The number of pyridine rings is 1. The first kappa shape index (κ1) is 17.3. The lowest BCUT2D eigenvalue weighted by Gasteiger charge is -2.00. The molecule has 0 radical (unpaired) electrons. The Kier molecular flexibility index (Phi) is 5.07. The Morgan fingerprint density at radius 1 is 1.19 bits per heavy atom. The topological polar surface area (TPSA) is 94.4 Å². The standard InChI is InChI=1S/C11H9NO2.C8H8N2O2/c1-14-11(13)10-7-6-8-4-2-3-5-9(8)12-10;11-10(12)7-2-1-6-3-4-9-8(6)5-7/h2-7H,1H3;1-2,5,9H,3-4H2. The molecule has 2 heterocycles. The molecule has 0 amide bonds. The van der Waals surface area contributed by atoms with Crippen molar-refractivity contribution in [2.24, 2.45) is 0 Å². The summed E-state index contributed by atoms with van der Waals surface area (Å²) >= 11 is 0. The average Bonchev–Trinajstić information content (AvgIpc) is 3.15. The number of nitrogens with zero attached hydrogens (tertiary/aromatic N) is 2. The third-order valence-electron chi connectivity index (χ3n) is 4.01. The summed E-state index contributed by atoms with van der Waals surface area (Å²) in [6.45, 7) is 0.885. The number of nitro benzene ring substituents is 1. The van der Waals surface area contributed by atoms with Gasteiger partial charge in [0.25, 0.3) is 5.69 Å². The van der Waals surface area contributed by atoms with E-state index in [1.54, 1.807) is 18.2 Å². The summed E-state index contributed by atoms with van der Waals surface area (Å²) < 4.78 is 4.58. The van der Waals surface area contributed by atoms with E-state index < -0.39 is 5.97 Å². The molecule has 132 valence electrons. The van der Waals surface area contributed by atoms with Crippen molar-refractivity contribution in [3.63, 3.8) is 0 Å². The fourth-order valence-corrected chi connectivity index (χ4v) is 2.68. The second-order valence-corrected chi connectivity index (χ2v) is 5.66. The van der Waals surface area contributed by atoms with E-state index in [0.29, 0.717) is 5.69 Å². The van der Waals surface area contributed by atoms with Crippen LogP contribution in [-0.2, 0) is 11.2 Å². The van der Waals surface area contributed by atoms with Crippen molar-refractivity contribution in [3.05, 3.63) is 76.0 Å². The predicted octanol–water partition coefficient (Wildman–Crippen LogP) is 3.58. The third kappa shape index (κ3) is 3.77. The van der Waals surface area contributed by atoms with Gasteiger partial charge < -0.3 is 10.1 Å². The Bertz CT molecular complexity index is 972. The summed E-state index contributed by atoms with van der Waals surface area (Å²) in [7, 11) is 1.35. The number of ether oxygens (including phenoxy) is 1.